The monoisotopic (exact) mass is 528 g/mol. The van der Waals surface area contributed by atoms with Crippen molar-refractivity contribution in [3.05, 3.63) is 47.3 Å². The summed E-state index contributed by atoms with van der Waals surface area (Å²) in [5, 5.41) is 10.5. The first-order valence-electron chi connectivity index (χ1n) is 12.3. The van der Waals surface area contributed by atoms with E-state index < -0.39 is 11.9 Å². The molecule has 194 valence electrons. The van der Waals surface area contributed by atoms with E-state index in [1.165, 1.54) is 24.3 Å². The number of aromatic hydroxyl groups is 1. The molecule has 3 saturated heterocycles. The van der Waals surface area contributed by atoms with E-state index in [1.807, 2.05) is 0 Å². The minimum atomic E-state index is -0.693. The molecule has 0 unspecified atom stereocenters. The normalized spacial score (nSPS) is 24.8. The van der Waals surface area contributed by atoms with Crippen molar-refractivity contribution >= 4 is 29.2 Å². The number of ether oxygens (including phenoxy) is 2. The van der Waals surface area contributed by atoms with Crippen LogP contribution >= 0.6 is 11.6 Å². The molecular weight excluding hydrogens is 503 g/mol. The van der Waals surface area contributed by atoms with E-state index in [2.05, 4.69) is 11.5 Å². The first kappa shape index (κ1) is 24.0. The number of halogens is 2. The van der Waals surface area contributed by atoms with Gasteiger partial charge >= 0.3 is 0 Å². The van der Waals surface area contributed by atoms with Crippen LogP contribution in [0.4, 0.5) is 10.2 Å². The van der Waals surface area contributed by atoms with E-state index in [1.54, 1.807) is 9.80 Å². The van der Waals surface area contributed by atoms with Crippen molar-refractivity contribution in [3.8, 4) is 22.8 Å². The van der Waals surface area contributed by atoms with E-state index in [-0.39, 0.29) is 70.4 Å². The molecule has 2 aromatic rings. The van der Waals surface area contributed by atoms with Gasteiger partial charge in [0.1, 0.15) is 40.3 Å². The maximum atomic E-state index is 15.0. The van der Waals surface area contributed by atoms with Crippen LogP contribution in [-0.2, 0) is 9.53 Å². The Kier molecular flexibility index (Phi) is 5.95. The van der Waals surface area contributed by atoms with Crippen molar-refractivity contribution in [1.29, 1.82) is 0 Å². The van der Waals surface area contributed by atoms with Gasteiger partial charge in [-0.3, -0.25) is 9.59 Å². The zero-order valence-corrected chi connectivity index (χ0v) is 20.8. The molecule has 4 aliphatic rings. The van der Waals surface area contributed by atoms with Crippen LogP contribution in [0.5, 0.6) is 11.5 Å². The molecule has 1 N–H and O–H groups in total. The molecule has 5 heterocycles. The number of anilines is 1. The molecule has 1 aromatic carbocycles. The summed E-state index contributed by atoms with van der Waals surface area (Å²) in [6, 6.07) is 3.54. The summed E-state index contributed by atoms with van der Waals surface area (Å²) >= 11 is 6.78. The fourth-order valence-electron chi connectivity index (χ4n) is 5.85. The third-order valence-electron chi connectivity index (χ3n) is 7.65. The number of phenols is 1. The number of hydrogen-bond acceptors (Lipinski definition) is 7. The van der Waals surface area contributed by atoms with Crippen molar-refractivity contribution in [2.24, 2.45) is 0 Å². The number of benzene rings is 1. The fraction of sp³-hybridized carbons (Fsp3) is 0.423. The Bertz CT molecular complexity index is 1270. The maximum absolute atomic E-state index is 15.0. The lowest BCUT2D eigenvalue weighted by Gasteiger charge is -2.40. The molecule has 3 fully saturated rings. The molecule has 2 amide bonds. The zero-order chi connectivity index (χ0) is 25.8. The van der Waals surface area contributed by atoms with Crippen molar-refractivity contribution in [2.75, 3.05) is 44.4 Å². The smallest absolute Gasteiger partial charge is 0.261 e. The lowest BCUT2D eigenvalue weighted by Crippen LogP contribution is -2.57. The molecular formula is C26H26ClFN4O5. The highest BCUT2D eigenvalue weighted by Crippen LogP contribution is 2.48. The highest BCUT2D eigenvalue weighted by Gasteiger charge is 2.45. The lowest BCUT2D eigenvalue weighted by atomic mass is 10.0. The number of carbonyl (C=O) groups is 2. The summed E-state index contributed by atoms with van der Waals surface area (Å²) in [4.78, 5) is 36.5. The highest BCUT2D eigenvalue weighted by atomic mass is 35.5. The fourth-order valence-corrected chi connectivity index (χ4v) is 6.14. The number of phenolic OH excluding ortho intramolecular Hbond substituents is 1. The minimum Gasteiger partial charge on any atom is -0.507 e. The Balaban J connectivity index is 1.52. The number of morpholine rings is 1. The number of piperazine rings is 1. The van der Waals surface area contributed by atoms with E-state index in [0.717, 1.165) is 12.8 Å². The van der Waals surface area contributed by atoms with Gasteiger partial charge in [0, 0.05) is 19.6 Å². The number of carbonyl (C=O) groups excluding carboxylic acids is 2. The zero-order valence-electron chi connectivity index (χ0n) is 20.0. The molecule has 0 spiro atoms. The molecule has 6 rings (SSSR count). The Morgan fingerprint density at radius 3 is 2.62 bits per heavy atom. The molecule has 37 heavy (non-hydrogen) atoms. The van der Waals surface area contributed by atoms with Gasteiger partial charge in [-0.15, -0.1) is 0 Å². The number of pyridine rings is 1. The summed E-state index contributed by atoms with van der Waals surface area (Å²) in [5.41, 5.74) is 0.0698. The molecule has 0 radical (unpaired) electrons. The summed E-state index contributed by atoms with van der Waals surface area (Å²) < 4.78 is 26.9. The molecule has 2 bridgehead atoms. The second kappa shape index (κ2) is 9.18. The number of nitrogens with zero attached hydrogens (tertiary/aromatic N) is 4. The van der Waals surface area contributed by atoms with Crippen LogP contribution in [0.3, 0.4) is 0 Å². The number of rotatable bonds is 3. The lowest BCUT2D eigenvalue weighted by molar-refractivity contribution is -0.128. The van der Waals surface area contributed by atoms with E-state index >= 15 is 0 Å². The van der Waals surface area contributed by atoms with Gasteiger partial charge in [0.15, 0.2) is 5.75 Å². The van der Waals surface area contributed by atoms with Crippen molar-refractivity contribution in [3.63, 3.8) is 0 Å². The van der Waals surface area contributed by atoms with Crippen LogP contribution in [0.15, 0.2) is 30.9 Å². The van der Waals surface area contributed by atoms with Crippen molar-refractivity contribution in [1.82, 2.24) is 14.8 Å². The van der Waals surface area contributed by atoms with Gasteiger partial charge < -0.3 is 29.3 Å². The number of amides is 2. The maximum Gasteiger partial charge on any atom is 0.261 e. The summed E-state index contributed by atoms with van der Waals surface area (Å²) in [6.07, 6.45) is 2.98. The molecule has 3 atom stereocenters. The van der Waals surface area contributed by atoms with E-state index in [4.69, 9.17) is 26.1 Å². The largest absolute Gasteiger partial charge is 0.507 e. The number of hydrogen-bond donors (Lipinski definition) is 1. The Labute approximate surface area is 218 Å². The van der Waals surface area contributed by atoms with Gasteiger partial charge in [0.05, 0.1) is 36.9 Å². The number of aromatic nitrogens is 1. The van der Waals surface area contributed by atoms with Gasteiger partial charge in [0.25, 0.3) is 5.91 Å². The second-order valence-corrected chi connectivity index (χ2v) is 10.1. The average molecular weight is 529 g/mol. The van der Waals surface area contributed by atoms with E-state index in [9.17, 15) is 19.1 Å². The van der Waals surface area contributed by atoms with Gasteiger partial charge in [0.2, 0.25) is 5.91 Å². The molecule has 11 heteroatoms. The number of fused-ring (bicyclic) bond motifs is 4. The first-order chi connectivity index (χ1) is 17.9. The predicted molar refractivity (Wildman–Crippen MR) is 134 cm³/mol. The SMILES string of the molecule is C=CC(=O)N1CCN2C(=O)c3c(N4[C@@H]5CC[C@H]4COC5)nc(-c4c(O)cccc4F)c(Cl)c3OC[C@H]2C1. The third kappa shape index (κ3) is 3.81. The third-order valence-corrected chi connectivity index (χ3v) is 8.00. The second-order valence-electron chi connectivity index (χ2n) is 9.72. The summed E-state index contributed by atoms with van der Waals surface area (Å²) in [5.74, 6) is -1.07. The van der Waals surface area contributed by atoms with Crippen LogP contribution in [0.1, 0.15) is 23.2 Å². The Hall–Kier alpha value is -3.37. The summed E-state index contributed by atoms with van der Waals surface area (Å²) in [6.45, 7) is 5.57. The van der Waals surface area contributed by atoms with Crippen LogP contribution in [0.2, 0.25) is 5.02 Å². The standard InChI is InChI=1S/C26H26ClFN4O5/c1-2-19(34)30-8-9-31-16(10-30)13-37-24-21(26(31)35)25(32-14-6-7-15(32)12-36-11-14)29-23(22(24)27)20-17(28)4-3-5-18(20)33/h2-5,14-16,33H,1,6-13H2/t14-,15+,16-/m1/s1. The summed E-state index contributed by atoms with van der Waals surface area (Å²) in [7, 11) is 0. The predicted octanol–water partition coefficient (Wildman–Crippen LogP) is 2.85. The minimum absolute atomic E-state index is 0.00694. The average Bonchev–Trinajstić information content (AvgIpc) is 3.05. The van der Waals surface area contributed by atoms with Gasteiger partial charge in [-0.25, -0.2) is 9.37 Å². The Morgan fingerprint density at radius 2 is 1.92 bits per heavy atom. The van der Waals surface area contributed by atoms with Crippen molar-refractivity contribution < 1.29 is 28.6 Å². The van der Waals surface area contributed by atoms with Crippen LogP contribution < -0.4 is 9.64 Å². The van der Waals surface area contributed by atoms with Crippen LogP contribution in [0.25, 0.3) is 11.3 Å². The molecule has 0 aliphatic carbocycles. The van der Waals surface area contributed by atoms with Crippen LogP contribution in [0, 0.1) is 5.82 Å². The molecule has 9 nitrogen and oxygen atoms in total. The Morgan fingerprint density at radius 1 is 1.16 bits per heavy atom. The van der Waals surface area contributed by atoms with Crippen LogP contribution in [-0.4, -0.2) is 89.3 Å². The molecule has 4 aliphatic heterocycles. The van der Waals surface area contributed by atoms with Gasteiger partial charge in [-0.05, 0) is 31.1 Å². The topological polar surface area (TPSA) is 95.4 Å². The molecule has 0 saturated carbocycles. The first-order valence-corrected chi connectivity index (χ1v) is 12.7. The van der Waals surface area contributed by atoms with Crippen molar-refractivity contribution in [2.45, 2.75) is 31.0 Å². The molecule has 1 aromatic heterocycles. The van der Waals surface area contributed by atoms with E-state index in [0.29, 0.717) is 32.1 Å². The van der Waals surface area contributed by atoms with Gasteiger partial charge in [-0.1, -0.05) is 24.2 Å². The van der Waals surface area contributed by atoms with Gasteiger partial charge in [-0.2, -0.15) is 0 Å². The quantitative estimate of drug-likeness (QED) is 0.612. The highest BCUT2D eigenvalue weighted by molar-refractivity contribution is 6.35.